The van der Waals surface area contributed by atoms with Crippen LogP contribution in [0.25, 0.3) is 5.52 Å². The molecule has 8 heteroatoms. The van der Waals surface area contributed by atoms with Gasteiger partial charge in [-0.3, -0.25) is 9.59 Å². The average molecular weight is 422 g/mol. The minimum absolute atomic E-state index is 0.0197. The van der Waals surface area contributed by atoms with Crippen molar-refractivity contribution in [3.8, 4) is 11.5 Å². The van der Waals surface area contributed by atoms with E-state index in [0.717, 1.165) is 18.4 Å². The highest BCUT2D eigenvalue weighted by atomic mass is 16.5. The van der Waals surface area contributed by atoms with E-state index in [2.05, 4.69) is 5.32 Å². The van der Waals surface area contributed by atoms with Crippen molar-refractivity contribution in [3.05, 3.63) is 59.7 Å². The Morgan fingerprint density at radius 1 is 1.19 bits per heavy atom. The summed E-state index contributed by atoms with van der Waals surface area (Å²) in [6.07, 6.45) is 3.63. The first-order valence-electron chi connectivity index (χ1n) is 10.3. The molecule has 8 nitrogen and oxygen atoms in total. The van der Waals surface area contributed by atoms with Crippen LogP contribution in [0.3, 0.4) is 0 Å². The molecule has 1 unspecified atom stereocenters. The van der Waals surface area contributed by atoms with E-state index < -0.39 is 0 Å². The summed E-state index contributed by atoms with van der Waals surface area (Å²) in [6.45, 7) is 2.55. The van der Waals surface area contributed by atoms with E-state index in [1.807, 2.05) is 45.8 Å². The number of imidazole rings is 1. The fraction of sp³-hybridized carbons (Fsp3) is 0.348. The van der Waals surface area contributed by atoms with Crippen LogP contribution in [0, 0.1) is 0 Å². The molecule has 1 saturated heterocycles. The van der Waals surface area contributed by atoms with Crippen molar-refractivity contribution >= 4 is 17.3 Å². The number of amides is 2. The molecule has 1 N–H and O–H groups in total. The molecule has 3 heterocycles. The summed E-state index contributed by atoms with van der Waals surface area (Å²) >= 11 is 0. The number of aromatic nitrogens is 2. The Kier molecular flexibility index (Phi) is 5.79. The van der Waals surface area contributed by atoms with Gasteiger partial charge in [0.2, 0.25) is 5.91 Å². The van der Waals surface area contributed by atoms with Crippen molar-refractivity contribution in [2.24, 2.45) is 0 Å². The molecule has 1 aromatic carbocycles. The predicted molar refractivity (Wildman–Crippen MR) is 115 cm³/mol. The maximum atomic E-state index is 13.1. The van der Waals surface area contributed by atoms with Crippen LogP contribution in [0.15, 0.2) is 42.6 Å². The Morgan fingerprint density at radius 2 is 2.03 bits per heavy atom. The second-order valence-corrected chi connectivity index (χ2v) is 7.51. The van der Waals surface area contributed by atoms with Crippen molar-refractivity contribution in [2.45, 2.75) is 32.4 Å². The molecule has 2 amide bonds. The quantitative estimate of drug-likeness (QED) is 0.660. The Labute approximate surface area is 180 Å². The third kappa shape index (κ3) is 3.93. The molecule has 31 heavy (non-hydrogen) atoms. The van der Waals surface area contributed by atoms with Gasteiger partial charge in [0, 0.05) is 31.8 Å². The van der Waals surface area contributed by atoms with Crippen LogP contribution in [0.2, 0.25) is 0 Å². The lowest BCUT2D eigenvalue weighted by Crippen LogP contribution is -2.29. The van der Waals surface area contributed by atoms with Gasteiger partial charge in [0.15, 0.2) is 5.69 Å². The van der Waals surface area contributed by atoms with Crippen LogP contribution in [0.4, 0.5) is 0 Å². The first kappa shape index (κ1) is 20.7. The van der Waals surface area contributed by atoms with E-state index in [9.17, 15) is 9.59 Å². The number of ether oxygens (including phenoxy) is 2. The van der Waals surface area contributed by atoms with E-state index in [1.54, 1.807) is 27.2 Å². The molecule has 1 aliphatic heterocycles. The van der Waals surface area contributed by atoms with Gasteiger partial charge in [0.05, 0.1) is 25.8 Å². The first-order valence-corrected chi connectivity index (χ1v) is 10.3. The number of nitrogens with zero attached hydrogens (tertiary/aromatic N) is 3. The second-order valence-electron chi connectivity index (χ2n) is 7.51. The number of rotatable bonds is 6. The van der Waals surface area contributed by atoms with E-state index >= 15 is 0 Å². The molecule has 3 aromatic rings. The molecule has 0 radical (unpaired) electrons. The van der Waals surface area contributed by atoms with Gasteiger partial charge < -0.3 is 24.1 Å². The second kappa shape index (κ2) is 8.67. The summed E-state index contributed by atoms with van der Waals surface area (Å²) in [7, 11) is 3.18. The molecule has 1 aliphatic rings. The molecular weight excluding hydrogens is 396 g/mol. The Hall–Kier alpha value is -3.55. The average Bonchev–Trinajstić information content (AvgIpc) is 3.42. The number of likely N-dealkylation sites (tertiary alicyclic amines) is 1. The third-order valence-corrected chi connectivity index (χ3v) is 5.67. The van der Waals surface area contributed by atoms with Crippen molar-refractivity contribution in [3.63, 3.8) is 0 Å². The van der Waals surface area contributed by atoms with Crippen LogP contribution in [0.5, 0.6) is 11.5 Å². The zero-order valence-corrected chi connectivity index (χ0v) is 17.9. The predicted octanol–water partition coefficient (Wildman–Crippen LogP) is 2.96. The largest absolute Gasteiger partial charge is 0.497 e. The fourth-order valence-corrected chi connectivity index (χ4v) is 4.16. The zero-order valence-electron chi connectivity index (χ0n) is 17.9. The third-order valence-electron chi connectivity index (χ3n) is 5.67. The molecule has 0 spiro atoms. The smallest absolute Gasteiger partial charge is 0.272 e. The maximum absolute atomic E-state index is 13.1. The monoisotopic (exact) mass is 422 g/mol. The number of hydrogen-bond donors (Lipinski definition) is 1. The van der Waals surface area contributed by atoms with Gasteiger partial charge in [-0.2, -0.15) is 0 Å². The summed E-state index contributed by atoms with van der Waals surface area (Å²) < 4.78 is 12.6. The van der Waals surface area contributed by atoms with Gasteiger partial charge in [0.25, 0.3) is 5.91 Å². The van der Waals surface area contributed by atoms with E-state index in [-0.39, 0.29) is 24.4 Å². The van der Waals surface area contributed by atoms with Crippen molar-refractivity contribution in [1.82, 2.24) is 19.6 Å². The lowest BCUT2D eigenvalue weighted by atomic mass is 10.2. The zero-order chi connectivity index (χ0) is 22.0. The number of hydrogen-bond acceptors (Lipinski definition) is 5. The van der Waals surface area contributed by atoms with Gasteiger partial charge in [-0.05, 0) is 43.2 Å². The van der Waals surface area contributed by atoms with E-state index in [4.69, 9.17) is 14.5 Å². The standard InChI is InChI=1S/C23H26N4O4/c1-15(28)26-12-6-8-19(26)22-25-21(18-7-4-5-11-27(18)22)23(29)24-14-16-13-17(30-2)9-10-20(16)31-3/h4-5,7,9-11,13,19H,6,8,12,14H2,1-3H3,(H,24,29). The highest BCUT2D eigenvalue weighted by Gasteiger charge is 2.32. The van der Waals surface area contributed by atoms with Gasteiger partial charge in [-0.25, -0.2) is 4.98 Å². The van der Waals surface area contributed by atoms with Crippen LogP contribution in [-0.4, -0.2) is 46.9 Å². The molecule has 4 rings (SSSR count). The number of fused-ring (bicyclic) bond motifs is 1. The molecule has 0 aliphatic carbocycles. The number of carbonyl (C=O) groups is 2. The lowest BCUT2D eigenvalue weighted by molar-refractivity contribution is -0.129. The van der Waals surface area contributed by atoms with Crippen molar-refractivity contribution in [1.29, 1.82) is 0 Å². The van der Waals surface area contributed by atoms with Crippen LogP contribution in [0.1, 0.15) is 47.7 Å². The Morgan fingerprint density at radius 3 is 2.77 bits per heavy atom. The maximum Gasteiger partial charge on any atom is 0.272 e. The molecule has 2 aromatic heterocycles. The van der Waals surface area contributed by atoms with Crippen molar-refractivity contribution < 1.29 is 19.1 Å². The fourth-order valence-electron chi connectivity index (χ4n) is 4.16. The highest BCUT2D eigenvalue weighted by Crippen LogP contribution is 2.32. The molecule has 162 valence electrons. The molecular formula is C23H26N4O4. The highest BCUT2D eigenvalue weighted by molar-refractivity contribution is 5.99. The number of pyridine rings is 1. The molecule has 1 fully saturated rings. The minimum Gasteiger partial charge on any atom is -0.497 e. The van der Waals surface area contributed by atoms with E-state index in [0.29, 0.717) is 35.1 Å². The first-order chi connectivity index (χ1) is 15.0. The minimum atomic E-state index is -0.285. The summed E-state index contributed by atoms with van der Waals surface area (Å²) in [5.74, 6) is 1.80. The van der Waals surface area contributed by atoms with Crippen molar-refractivity contribution in [2.75, 3.05) is 20.8 Å². The molecule has 0 saturated carbocycles. The van der Waals surface area contributed by atoms with Gasteiger partial charge >= 0.3 is 0 Å². The summed E-state index contributed by atoms with van der Waals surface area (Å²) in [6, 6.07) is 11.0. The van der Waals surface area contributed by atoms with Crippen LogP contribution in [-0.2, 0) is 11.3 Å². The molecule has 0 bridgehead atoms. The SMILES string of the molecule is COc1ccc(OC)c(CNC(=O)c2nc(C3CCCN3C(C)=O)n3ccccc23)c1. The van der Waals surface area contributed by atoms with Crippen LogP contribution < -0.4 is 14.8 Å². The lowest BCUT2D eigenvalue weighted by Gasteiger charge is -2.22. The molecule has 1 atom stereocenters. The number of nitrogens with one attached hydrogen (secondary N) is 1. The normalized spacial score (nSPS) is 15.8. The van der Waals surface area contributed by atoms with Gasteiger partial charge in [0.1, 0.15) is 17.3 Å². The Balaban J connectivity index is 1.63. The number of benzene rings is 1. The number of methoxy groups -OCH3 is 2. The Bertz CT molecular complexity index is 1120. The van der Waals surface area contributed by atoms with Crippen LogP contribution >= 0.6 is 0 Å². The van der Waals surface area contributed by atoms with E-state index in [1.165, 1.54) is 0 Å². The van der Waals surface area contributed by atoms with Gasteiger partial charge in [-0.15, -0.1) is 0 Å². The summed E-state index contributed by atoms with van der Waals surface area (Å²) in [4.78, 5) is 31.7. The number of carbonyl (C=O) groups excluding carboxylic acids is 2. The van der Waals surface area contributed by atoms with Gasteiger partial charge in [-0.1, -0.05) is 6.07 Å². The summed E-state index contributed by atoms with van der Waals surface area (Å²) in [5, 5.41) is 2.94. The summed E-state index contributed by atoms with van der Waals surface area (Å²) in [5.41, 5.74) is 1.85. The topological polar surface area (TPSA) is 85.2 Å².